The van der Waals surface area contributed by atoms with E-state index in [-0.39, 0.29) is 36.0 Å². The van der Waals surface area contributed by atoms with E-state index in [0.29, 0.717) is 6.42 Å². The number of esters is 2. The van der Waals surface area contributed by atoms with E-state index in [1.54, 1.807) is 0 Å². The van der Waals surface area contributed by atoms with Crippen molar-refractivity contribution in [1.29, 1.82) is 0 Å². The Hall–Kier alpha value is -1.58. The summed E-state index contributed by atoms with van der Waals surface area (Å²) in [6.45, 7) is 7.37. The molecule has 0 amide bonds. The van der Waals surface area contributed by atoms with Crippen LogP contribution in [-0.4, -0.2) is 24.1 Å². The number of fused-ring (bicyclic) bond motifs is 1. The van der Waals surface area contributed by atoms with Gasteiger partial charge < -0.3 is 9.47 Å². The summed E-state index contributed by atoms with van der Waals surface area (Å²) in [6.07, 6.45) is 6.21. The average molecular weight is 292 g/mol. The topological polar surface area (TPSA) is 52.6 Å². The van der Waals surface area contributed by atoms with Crippen molar-refractivity contribution in [3.05, 3.63) is 23.3 Å². The Labute approximate surface area is 126 Å². The van der Waals surface area contributed by atoms with Crippen LogP contribution < -0.4 is 0 Å². The summed E-state index contributed by atoms with van der Waals surface area (Å²) in [5.74, 6) is -0.882. The quantitative estimate of drug-likeness (QED) is 0.550. The highest BCUT2D eigenvalue weighted by atomic mass is 16.6. The van der Waals surface area contributed by atoms with Crippen molar-refractivity contribution >= 4 is 11.9 Å². The first-order valence-corrected chi connectivity index (χ1v) is 7.59. The first-order valence-electron chi connectivity index (χ1n) is 7.59. The number of hydrogen-bond acceptors (Lipinski definition) is 4. The zero-order valence-corrected chi connectivity index (χ0v) is 13.2. The van der Waals surface area contributed by atoms with E-state index in [2.05, 4.69) is 13.0 Å². The van der Waals surface area contributed by atoms with Crippen LogP contribution in [0, 0.1) is 11.8 Å². The smallest absolute Gasteiger partial charge is 0.309 e. The Morgan fingerprint density at radius 3 is 2.71 bits per heavy atom. The molecule has 0 spiro atoms. The molecule has 0 saturated carbocycles. The maximum atomic E-state index is 12.0. The van der Waals surface area contributed by atoms with Gasteiger partial charge in [-0.15, -0.1) is 0 Å². The van der Waals surface area contributed by atoms with Gasteiger partial charge in [0.1, 0.15) is 12.2 Å². The number of hydrogen-bond donors (Lipinski definition) is 0. The summed E-state index contributed by atoms with van der Waals surface area (Å²) >= 11 is 0. The van der Waals surface area contributed by atoms with Gasteiger partial charge >= 0.3 is 11.9 Å². The van der Waals surface area contributed by atoms with Gasteiger partial charge in [-0.2, -0.15) is 0 Å². The fraction of sp³-hybridized carbons (Fsp3) is 0.647. The van der Waals surface area contributed by atoms with E-state index >= 15 is 0 Å². The van der Waals surface area contributed by atoms with Crippen LogP contribution in [0.3, 0.4) is 0 Å². The minimum absolute atomic E-state index is 0.113. The van der Waals surface area contributed by atoms with Crippen LogP contribution in [0.5, 0.6) is 0 Å². The van der Waals surface area contributed by atoms with Crippen molar-refractivity contribution in [2.75, 3.05) is 0 Å². The fourth-order valence-corrected chi connectivity index (χ4v) is 3.21. The van der Waals surface area contributed by atoms with E-state index in [9.17, 15) is 9.59 Å². The highest BCUT2D eigenvalue weighted by Crippen LogP contribution is 2.37. The summed E-state index contributed by atoms with van der Waals surface area (Å²) in [6, 6.07) is 0. The first kappa shape index (κ1) is 15.8. The molecule has 0 aromatic heterocycles. The lowest BCUT2D eigenvalue weighted by atomic mass is 9.82. The Morgan fingerprint density at radius 2 is 2.05 bits per heavy atom. The molecule has 0 bridgehead atoms. The van der Waals surface area contributed by atoms with E-state index in [1.165, 1.54) is 18.1 Å². The third kappa shape index (κ3) is 3.74. The molecule has 1 aliphatic heterocycles. The Morgan fingerprint density at radius 1 is 1.33 bits per heavy atom. The zero-order valence-electron chi connectivity index (χ0n) is 13.2. The van der Waals surface area contributed by atoms with Crippen molar-refractivity contribution in [3.63, 3.8) is 0 Å². The number of carbonyl (C=O) groups excluding carboxylic acids is 2. The second kappa shape index (κ2) is 6.46. The lowest BCUT2D eigenvalue weighted by Gasteiger charge is -2.27. The average Bonchev–Trinajstić information content (AvgIpc) is 2.62. The molecule has 0 aromatic rings. The number of rotatable bonds is 1. The SMILES string of the molecule is CC(=O)O[C@@H]1/C=C(\C)CC/C=C(\C)C[C@@H]2OC(=O)[C@H](C)[C@H]21. The zero-order chi connectivity index (χ0) is 15.6. The molecule has 21 heavy (non-hydrogen) atoms. The molecule has 116 valence electrons. The van der Waals surface area contributed by atoms with E-state index < -0.39 is 0 Å². The maximum Gasteiger partial charge on any atom is 0.309 e. The molecule has 1 fully saturated rings. The van der Waals surface area contributed by atoms with Crippen LogP contribution in [0.1, 0.15) is 47.0 Å². The van der Waals surface area contributed by atoms with Crippen molar-refractivity contribution in [2.24, 2.45) is 11.8 Å². The normalized spacial score (nSPS) is 38.4. The molecule has 1 heterocycles. The maximum absolute atomic E-state index is 12.0. The summed E-state index contributed by atoms with van der Waals surface area (Å²) in [5.41, 5.74) is 2.40. The predicted molar refractivity (Wildman–Crippen MR) is 79.5 cm³/mol. The van der Waals surface area contributed by atoms with Crippen molar-refractivity contribution in [2.45, 2.75) is 59.2 Å². The minimum atomic E-state index is -0.389. The number of allylic oxidation sites excluding steroid dienone is 2. The van der Waals surface area contributed by atoms with Gasteiger partial charge in [0.05, 0.1) is 11.8 Å². The van der Waals surface area contributed by atoms with Crippen molar-refractivity contribution in [3.8, 4) is 0 Å². The molecule has 0 aromatic carbocycles. The van der Waals surface area contributed by atoms with Crippen LogP contribution in [0.2, 0.25) is 0 Å². The molecule has 0 N–H and O–H groups in total. The standard InChI is InChI=1S/C17H24O4/c1-10-6-5-7-11(2)9-15-16(12(3)17(19)21-15)14(8-10)20-13(4)18/h7-8,12,14-16H,5-6,9H2,1-4H3/b10-8+,11-7+/t12-,14-,15+,16+/m1/s1. The number of carbonyl (C=O) groups is 2. The Bertz CT molecular complexity index is 489. The predicted octanol–water partition coefficient (Wildman–Crippen LogP) is 3.17. The molecule has 0 radical (unpaired) electrons. The summed E-state index contributed by atoms with van der Waals surface area (Å²) < 4.78 is 11.0. The van der Waals surface area contributed by atoms with Gasteiger partial charge in [0.15, 0.2) is 0 Å². The highest BCUT2D eigenvalue weighted by Gasteiger charge is 2.46. The van der Waals surface area contributed by atoms with Crippen LogP contribution in [-0.2, 0) is 19.1 Å². The highest BCUT2D eigenvalue weighted by molar-refractivity contribution is 5.75. The van der Waals surface area contributed by atoms with E-state index in [4.69, 9.17) is 9.47 Å². The van der Waals surface area contributed by atoms with E-state index in [0.717, 1.165) is 12.8 Å². The lowest BCUT2D eigenvalue weighted by molar-refractivity contribution is -0.147. The molecule has 4 atom stereocenters. The fourth-order valence-electron chi connectivity index (χ4n) is 3.21. The molecular weight excluding hydrogens is 268 g/mol. The van der Waals surface area contributed by atoms with Crippen molar-refractivity contribution < 1.29 is 19.1 Å². The molecule has 1 aliphatic carbocycles. The molecule has 2 aliphatic rings. The Balaban J connectivity index is 2.36. The van der Waals surface area contributed by atoms with Crippen LogP contribution in [0.25, 0.3) is 0 Å². The lowest BCUT2D eigenvalue weighted by Crippen LogP contribution is -2.34. The third-order valence-corrected chi connectivity index (χ3v) is 4.33. The molecule has 4 nitrogen and oxygen atoms in total. The van der Waals surface area contributed by atoms with Gasteiger partial charge in [0.25, 0.3) is 0 Å². The van der Waals surface area contributed by atoms with Gasteiger partial charge in [-0.1, -0.05) is 24.1 Å². The number of ether oxygens (including phenoxy) is 2. The molecule has 2 rings (SSSR count). The third-order valence-electron chi connectivity index (χ3n) is 4.33. The van der Waals surface area contributed by atoms with Gasteiger partial charge in [-0.25, -0.2) is 0 Å². The Kier molecular flexibility index (Phi) is 4.86. The van der Waals surface area contributed by atoms with E-state index in [1.807, 2.05) is 19.9 Å². The second-order valence-corrected chi connectivity index (χ2v) is 6.22. The van der Waals surface area contributed by atoms with Gasteiger partial charge in [-0.3, -0.25) is 9.59 Å². The summed E-state index contributed by atoms with van der Waals surface area (Å²) in [5, 5.41) is 0. The summed E-state index contributed by atoms with van der Waals surface area (Å²) in [7, 11) is 0. The minimum Gasteiger partial charge on any atom is -0.461 e. The van der Waals surface area contributed by atoms with Crippen LogP contribution in [0.4, 0.5) is 0 Å². The van der Waals surface area contributed by atoms with Crippen LogP contribution >= 0.6 is 0 Å². The molecule has 1 saturated heterocycles. The van der Waals surface area contributed by atoms with Gasteiger partial charge in [0, 0.05) is 13.3 Å². The largest absolute Gasteiger partial charge is 0.461 e. The molecule has 4 heteroatoms. The monoisotopic (exact) mass is 292 g/mol. The van der Waals surface area contributed by atoms with Gasteiger partial charge in [-0.05, 0) is 32.8 Å². The first-order chi connectivity index (χ1) is 9.88. The summed E-state index contributed by atoms with van der Waals surface area (Å²) in [4.78, 5) is 23.4. The van der Waals surface area contributed by atoms with Crippen molar-refractivity contribution in [1.82, 2.24) is 0 Å². The van der Waals surface area contributed by atoms with Gasteiger partial charge in [0.2, 0.25) is 0 Å². The molecule has 0 unspecified atom stereocenters. The van der Waals surface area contributed by atoms with Crippen LogP contribution in [0.15, 0.2) is 23.3 Å². The second-order valence-electron chi connectivity index (χ2n) is 6.22. The molecular formula is C17H24O4.